The van der Waals surface area contributed by atoms with Crippen LogP contribution in [0.15, 0.2) is 18.2 Å². The number of benzene rings is 1. The summed E-state index contributed by atoms with van der Waals surface area (Å²) < 4.78 is 6.11. The van der Waals surface area contributed by atoms with Crippen molar-refractivity contribution in [2.75, 3.05) is 13.1 Å². The lowest BCUT2D eigenvalue weighted by atomic mass is 10.0. The van der Waals surface area contributed by atoms with Crippen molar-refractivity contribution < 1.29 is 19.7 Å². The zero-order valence-electron chi connectivity index (χ0n) is 14.2. The van der Waals surface area contributed by atoms with Crippen LogP contribution in [0, 0.1) is 5.92 Å². The Morgan fingerprint density at radius 3 is 2.52 bits per heavy atom. The molecule has 1 fully saturated rings. The minimum Gasteiger partial charge on any atom is -0.507 e. The fourth-order valence-corrected chi connectivity index (χ4v) is 2.90. The molecule has 5 nitrogen and oxygen atoms in total. The van der Waals surface area contributed by atoms with Crippen LogP contribution in [0.4, 0.5) is 0 Å². The van der Waals surface area contributed by atoms with Gasteiger partial charge >= 0.3 is 0 Å². The third-order valence-corrected chi connectivity index (χ3v) is 4.34. The highest BCUT2D eigenvalue weighted by atomic mass is 16.5. The molecule has 23 heavy (non-hydrogen) atoms. The van der Waals surface area contributed by atoms with Crippen molar-refractivity contribution in [3.63, 3.8) is 0 Å². The molecule has 0 spiro atoms. The quantitative estimate of drug-likeness (QED) is 0.874. The maximum Gasteiger partial charge on any atom is 0.261 e. The number of ether oxygens (including phenoxy) is 1. The van der Waals surface area contributed by atoms with Crippen LogP contribution in [-0.4, -0.2) is 46.3 Å². The number of unbranched alkanes of at least 4 members (excludes halogenated alkanes) is 1. The fourth-order valence-electron chi connectivity index (χ4n) is 2.90. The molecule has 0 bridgehead atoms. The van der Waals surface area contributed by atoms with Gasteiger partial charge in [0.1, 0.15) is 17.1 Å². The molecule has 128 valence electrons. The average Bonchev–Trinajstić information content (AvgIpc) is 2.52. The Kier molecular flexibility index (Phi) is 5.88. The number of morpholine rings is 1. The van der Waals surface area contributed by atoms with Gasteiger partial charge in [-0.2, -0.15) is 0 Å². The van der Waals surface area contributed by atoms with E-state index in [1.54, 1.807) is 4.90 Å². The highest BCUT2D eigenvalue weighted by molar-refractivity contribution is 5.99. The molecule has 2 rings (SSSR count). The molecule has 5 heteroatoms. The summed E-state index contributed by atoms with van der Waals surface area (Å²) in [5.74, 6) is -0.413. The molecule has 0 radical (unpaired) electrons. The molecule has 0 unspecified atom stereocenters. The van der Waals surface area contributed by atoms with E-state index in [2.05, 4.69) is 20.8 Å². The van der Waals surface area contributed by atoms with Crippen molar-refractivity contribution >= 4 is 5.91 Å². The van der Waals surface area contributed by atoms with Gasteiger partial charge in [0.15, 0.2) is 0 Å². The third kappa shape index (κ3) is 4.16. The number of rotatable bonds is 5. The van der Waals surface area contributed by atoms with E-state index in [1.807, 2.05) is 0 Å². The van der Waals surface area contributed by atoms with E-state index in [4.69, 9.17) is 4.74 Å². The van der Waals surface area contributed by atoms with Gasteiger partial charge in [0.05, 0.1) is 12.2 Å². The number of aromatic hydroxyl groups is 2. The minimum absolute atomic E-state index is 0.00745. The third-order valence-electron chi connectivity index (χ3n) is 4.34. The second-order valence-electron chi connectivity index (χ2n) is 6.56. The lowest BCUT2D eigenvalue weighted by Gasteiger charge is -2.40. The van der Waals surface area contributed by atoms with Gasteiger partial charge in [0.25, 0.3) is 5.91 Å². The molecule has 2 N–H and O–H groups in total. The molecular weight excluding hydrogens is 294 g/mol. The van der Waals surface area contributed by atoms with Gasteiger partial charge in [-0.15, -0.1) is 0 Å². The maximum atomic E-state index is 12.8. The van der Waals surface area contributed by atoms with Gasteiger partial charge in [0, 0.05) is 13.1 Å². The molecule has 1 aromatic carbocycles. The first kappa shape index (κ1) is 17.6. The molecule has 0 aromatic heterocycles. The summed E-state index contributed by atoms with van der Waals surface area (Å²) in [5.41, 5.74) is -0.0221. The number of hydrogen-bond acceptors (Lipinski definition) is 4. The van der Waals surface area contributed by atoms with Gasteiger partial charge in [0.2, 0.25) is 0 Å². The lowest BCUT2D eigenvalue weighted by Crippen LogP contribution is -2.51. The van der Waals surface area contributed by atoms with Crippen LogP contribution < -0.4 is 0 Å². The first-order valence-corrected chi connectivity index (χ1v) is 8.39. The fraction of sp³-hybridized carbons (Fsp3) is 0.611. The number of phenolic OH excluding ortho intramolecular Hbond substituents is 2. The number of phenols is 2. The molecule has 2 atom stereocenters. The molecule has 1 aromatic rings. The van der Waals surface area contributed by atoms with E-state index < -0.39 is 0 Å². The van der Waals surface area contributed by atoms with E-state index in [-0.39, 0.29) is 35.2 Å². The van der Waals surface area contributed by atoms with E-state index >= 15 is 0 Å². The first-order chi connectivity index (χ1) is 10.9. The first-order valence-electron chi connectivity index (χ1n) is 8.39. The Morgan fingerprint density at radius 2 is 1.96 bits per heavy atom. The second-order valence-corrected chi connectivity index (χ2v) is 6.56. The van der Waals surface area contributed by atoms with Crippen LogP contribution in [0.3, 0.4) is 0 Å². The number of amides is 1. The van der Waals surface area contributed by atoms with Crippen molar-refractivity contribution in [1.29, 1.82) is 0 Å². The molecule has 1 aliphatic heterocycles. The topological polar surface area (TPSA) is 70.0 Å². The molecular formula is C18H27NO4. The van der Waals surface area contributed by atoms with Crippen molar-refractivity contribution in [3.8, 4) is 11.5 Å². The normalized spacial score (nSPS) is 21.7. The van der Waals surface area contributed by atoms with Crippen LogP contribution in [-0.2, 0) is 4.74 Å². The van der Waals surface area contributed by atoms with Gasteiger partial charge in [-0.1, -0.05) is 39.7 Å². The molecule has 1 amide bonds. The van der Waals surface area contributed by atoms with Gasteiger partial charge in [-0.3, -0.25) is 4.79 Å². The number of nitrogens with zero attached hydrogens (tertiary/aromatic N) is 1. The van der Waals surface area contributed by atoms with Crippen LogP contribution in [0.2, 0.25) is 0 Å². The minimum atomic E-state index is -0.337. The van der Waals surface area contributed by atoms with Crippen LogP contribution in [0.5, 0.6) is 11.5 Å². The summed E-state index contributed by atoms with van der Waals surface area (Å²) in [5, 5.41) is 19.9. The predicted octanol–water partition coefficient (Wildman–Crippen LogP) is 3.15. The molecule has 0 aliphatic carbocycles. The molecule has 1 saturated heterocycles. The van der Waals surface area contributed by atoms with E-state index in [0.717, 1.165) is 19.3 Å². The lowest BCUT2D eigenvalue weighted by molar-refractivity contribution is -0.0963. The van der Waals surface area contributed by atoms with Crippen molar-refractivity contribution in [2.24, 2.45) is 5.92 Å². The zero-order chi connectivity index (χ0) is 17.0. The molecule has 0 saturated carbocycles. The highest BCUT2D eigenvalue weighted by Crippen LogP contribution is 2.30. The SMILES string of the molecule is CCCC[C@@H]1CN(C(=O)c2c(O)cccc2O)C[C@H](C(C)C)O1. The Hall–Kier alpha value is -1.75. The number of carbonyl (C=O) groups is 1. The number of hydrogen-bond donors (Lipinski definition) is 2. The molecule has 1 aliphatic rings. The van der Waals surface area contributed by atoms with Gasteiger partial charge < -0.3 is 19.8 Å². The Morgan fingerprint density at radius 1 is 1.30 bits per heavy atom. The Balaban J connectivity index is 2.20. The smallest absolute Gasteiger partial charge is 0.261 e. The standard InChI is InChI=1S/C18H27NO4/c1-4-5-7-13-10-19(11-16(23-13)12(2)3)18(22)17-14(20)8-6-9-15(17)21/h6,8-9,12-13,16,20-21H,4-5,7,10-11H2,1-3H3/t13-,16-/m1/s1. The summed E-state index contributed by atoms with van der Waals surface area (Å²) in [6.45, 7) is 7.26. The Labute approximate surface area is 137 Å². The summed E-state index contributed by atoms with van der Waals surface area (Å²) in [7, 11) is 0. The van der Waals surface area contributed by atoms with E-state index in [0.29, 0.717) is 19.0 Å². The largest absolute Gasteiger partial charge is 0.507 e. The summed E-state index contributed by atoms with van der Waals surface area (Å²) in [6.07, 6.45) is 3.03. The van der Waals surface area contributed by atoms with Crippen molar-refractivity contribution in [3.05, 3.63) is 23.8 Å². The van der Waals surface area contributed by atoms with Crippen LogP contribution in [0.25, 0.3) is 0 Å². The molecule has 1 heterocycles. The zero-order valence-corrected chi connectivity index (χ0v) is 14.2. The number of carbonyl (C=O) groups excluding carboxylic acids is 1. The van der Waals surface area contributed by atoms with Crippen LogP contribution >= 0.6 is 0 Å². The summed E-state index contributed by atoms with van der Waals surface area (Å²) in [6, 6.07) is 4.35. The Bertz CT molecular complexity index is 524. The van der Waals surface area contributed by atoms with Crippen molar-refractivity contribution in [1.82, 2.24) is 4.90 Å². The van der Waals surface area contributed by atoms with Crippen LogP contribution in [0.1, 0.15) is 50.4 Å². The van der Waals surface area contributed by atoms with E-state index in [1.165, 1.54) is 18.2 Å². The van der Waals surface area contributed by atoms with Gasteiger partial charge in [-0.25, -0.2) is 0 Å². The van der Waals surface area contributed by atoms with E-state index in [9.17, 15) is 15.0 Å². The highest BCUT2D eigenvalue weighted by Gasteiger charge is 2.33. The maximum absolute atomic E-state index is 12.8. The monoisotopic (exact) mass is 321 g/mol. The van der Waals surface area contributed by atoms with Crippen molar-refractivity contribution in [2.45, 2.75) is 52.2 Å². The summed E-state index contributed by atoms with van der Waals surface area (Å²) in [4.78, 5) is 14.5. The van der Waals surface area contributed by atoms with Gasteiger partial charge in [-0.05, 0) is 24.5 Å². The second kappa shape index (κ2) is 7.68. The predicted molar refractivity (Wildman–Crippen MR) is 88.7 cm³/mol. The average molecular weight is 321 g/mol. The summed E-state index contributed by atoms with van der Waals surface area (Å²) >= 11 is 0.